The van der Waals surface area contributed by atoms with Crippen molar-refractivity contribution in [3.63, 3.8) is 0 Å². The molecule has 1 rings (SSSR count). The summed E-state index contributed by atoms with van der Waals surface area (Å²) in [5.41, 5.74) is 0.364. The number of hydrogen-bond acceptors (Lipinski definition) is 4. The van der Waals surface area contributed by atoms with E-state index in [9.17, 15) is 4.79 Å². The molecule has 1 aromatic rings. The van der Waals surface area contributed by atoms with Gasteiger partial charge in [0, 0.05) is 6.54 Å². The Morgan fingerprint density at radius 3 is 2.40 bits per heavy atom. The van der Waals surface area contributed by atoms with E-state index in [-0.39, 0.29) is 0 Å². The molecule has 112 valence electrons. The minimum absolute atomic E-state index is 0.341. The topological polar surface area (TPSA) is 56.8 Å². The smallest absolute Gasteiger partial charge is 0.407 e. The summed E-state index contributed by atoms with van der Waals surface area (Å²) in [5.74, 6) is 1.22. The summed E-state index contributed by atoms with van der Waals surface area (Å²) in [6, 6.07) is 3.67. The Labute approximate surface area is 127 Å². The van der Waals surface area contributed by atoms with E-state index in [2.05, 4.69) is 21.2 Å². The summed E-state index contributed by atoms with van der Waals surface area (Å²) in [7, 11) is 3.14. The van der Waals surface area contributed by atoms with Gasteiger partial charge in [-0.15, -0.1) is 0 Å². The van der Waals surface area contributed by atoms with Crippen LogP contribution in [0.1, 0.15) is 26.3 Å². The van der Waals surface area contributed by atoms with E-state index in [0.29, 0.717) is 18.0 Å². The molecular weight excluding hydrogens is 326 g/mol. The molecule has 1 aromatic carbocycles. The molecule has 0 radical (unpaired) electrons. The second kappa shape index (κ2) is 6.83. The van der Waals surface area contributed by atoms with Crippen LogP contribution in [0.5, 0.6) is 11.5 Å². The van der Waals surface area contributed by atoms with Crippen molar-refractivity contribution in [2.24, 2.45) is 0 Å². The SMILES string of the molecule is COc1cc(CNC(=O)OC(C)(C)C)cc(Br)c1OC. The quantitative estimate of drug-likeness (QED) is 0.907. The number of carbonyl (C=O) groups excluding carboxylic acids is 1. The molecule has 5 nitrogen and oxygen atoms in total. The summed E-state index contributed by atoms with van der Waals surface area (Å²) in [6.07, 6.45) is -0.455. The molecule has 0 saturated carbocycles. The Balaban J connectivity index is 2.74. The van der Waals surface area contributed by atoms with Gasteiger partial charge in [0.1, 0.15) is 5.60 Å². The molecule has 0 aliphatic heterocycles. The zero-order chi connectivity index (χ0) is 15.3. The van der Waals surface area contributed by atoms with Gasteiger partial charge < -0.3 is 19.5 Å². The lowest BCUT2D eigenvalue weighted by Gasteiger charge is -2.20. The second-order valence-electron chi connectivity index (χ2n) is 5.17. The van der Waals surface area contributed by atoms with Gasteiger partial charge in [0.15, 0.2) is 11.5 Å². The molecule has 0 aliphatic rings. The van der Waals surface area contributed by atoms with Gasteiger partial charge in [-0.05, 0) is 54.4 Å². The normalized spacial score (nSPS) is 10.9. The fourth-order valence-corrected chi connectivity index (χ4v) is 2.21. The largest absolute Gasteiger partial charge is 0.493 e. The third kappa shape index (κ3) is 4.92. The number of methoxy groups -OCH3 is 2. The van der Waals surface area contributed by atoms with Crippen LogP contribution in [0.25, 0.3) is 0 Å². The highest BCUT2D eigenvalue weighted by Gasteiger charge is 2.16. The zero-order valence-corrected chi connectivity index (χ0v) is 14.0. The first-order valence-electron chi connectivity index (χ1n) is 6.14. The van der Waals surface area contributed by atoms with Crippen LogP contribution in [0.3, 0.4) is 0 Å². The first kappa shape index (κ1) is 16.6. The molecule has 0 heterocycles. The third-order valence-corrected chi connectivity index (χ3v) is 2.92. The lowest BCUT2D eigenvalue weighted by molar-refractivity contribution is 0.0523. The fourth-order valence-electron chi connectivity index (χ4n) is 1.56. The summed E-state index contributed by atoms with van der Waals surface area (Å²) in [6.45, 7) is 5.80. The van der Waals surface area contributed by atoms with Crippen LogP contribution in [0.15, 0.2) is 16.6 Å². The predicted molar refractivity (Wildman–Crippen MR) is 80.3 cm³/mol. The van der Waals surface area contributed by atoms with Crippen LogP contribution >= 0.6 is 15.9 Å². The summed E-state index contributed by atoms with van der Waals surface area (Å²) in [4.78, 5) is 11.6. The van der Waals surface area contributed by atoms with Gasteiger partial charge in [-0.25, -0.2) is 4.79 Å². The number of amides is 1. The van der Waals surface area contributed by atoms with Gasteiger partial charge in [-0.3, -0.25) is 0 Å². The van der Waals surface area contributed by atoms with Crippen molar-refractivity contribution in [1.29, 1.82) is 0 Å². The predicted octanol–water partition coefficient (Wildman–Crippen LogP) is 3.49. The highest BCUT2D eigenvalue weighted by molar-refractivity contribution is 9.10. The van der Waals surface area contributed by atoms with Crippen LogP contribution in [-0.4, -0.2) is 25.9 Å². The van der Waals surface area contributed by atoms with Crippen molar-refractivity contribution in [2.45, 2.75) is 32.9 Å². The molecule has 0 spiro atoms. The number of carbonyl (C=O) groups is 1. The number of hydrogen-bond donors (Lipinski definition) is 1. The number of halogens is 1. The molecule has 1 N–H and O–H groups in total. The molecule has 0 aromatic heterocycles. The molecule has 0 unspecified atom stereocenters. The number of alkyl carbamates (subject to hydrolysis) is 1. The Kier molecular flexibility index (Phi) is 5.68. The van der Waals surface area contributed by atoms with E-state index in [0.717, 1.165) is 10.0 Å². The van der Waals surface area contributed by atoms with Gasteiger partial charge in [-0.2, -0.15) is 0 Å². The van der Waals surface area contributed by atoms with Crippen molar-refractivity contribution in [3.8, 4) is 11.5 Å². The number of nitrogens with one attached hydrogen (secondary N) is 1. The van der Waals surface area contributed by atoms with Gasteiger partial charge in [0.05, 0.1) is 18.7 Å². The molecule has 0 bridgehead atoms. The molecule has 0 fully saturated rings. The number of rotatable bonds is 4. The first-order valence-corrected chi connectivity index (χ1v) is 6.93. The molecule has 1 amide bonds. The average Bonchev–Trinajstić information content (AvgIpc) is 2.33. The van der Waals surface area contributed by atoms with Crippen molar-refractivity contribution >= 4 is 22.0 Å². The first-order chi connectivity index (χ1) is 9.26. The monoisotopic (exact) mass is 345 g/mol. The second-order valence-corrected chi connectivity index (χ2v) is 6.02. The Morgan fingerprint density at radius 2 is 1.90 bits per heavy atom. The molecule has 6 heteroatoms. The highest BCUT2D eigenvalue weighted by atomic mass is 79.9. The fraction of sp³-hybridized carbons (Fsp3) is 0.500. The highest BCUT2D eigenvalue weighted by Crippen LogP contribution is 2.36. The maximum Gasteiger partial charge on any atom is 0.407 e. The summed E-state index contributed by atoms with van der Waals surface area (Å²) < 4.78 is 16.4. The zero-order valence-electron chi connectivity index (χ0n) is 12.4. The molecule has 0 atom stereocenters. The average molecular weight is 346 g/mol. The maximum absolute atomic E-state index is 11.6. The van der Waals surface area contributed by atoms with E-state index in [1.54, 1.807) is 20.3 Å². The van der Waals surface area contributed by atoms with E-state index < -0.39 is 11.7 Å². The summed E-state index contributed by atoms with van der Waals surface area (Å²) in [5, 5.41) is 2.69. The molecular formula is C14H20BrNO4. The van der Waals surface area contributed by atoms with Crippen LogP contribution in [0.4, 0.5) is 4.79 Å². The number of ether oxygens (including phenoxy) is 3. The standard InChI is InChI=1S/C14H20BrNO4/c1-14(2,3)20-13(17)16-8-9-6-10(15)12(19-5)11(7-9)18-4/h6-7H,8H2,1-5H3,(H,16,17). The third-order valence-electron chi connectivity index (χ3n) is 2.33. The van der Waals surface area contributed by atoms with E-state index in [1.165, 1.54) is 0 Å². The molecule has 0 aliphatic carbocycles. The van der Waals surface area contributed by atoms with Crippen molar-refractivity contribution in [3.05, 3.63) is 22.2 Å². The Morgan fingerprint density at radius 1 is 1.25 bits per heavy atom. The van der Waals surface area contributed by atoms with Crippen LogP contribution in [0, 0.1) is 0 Å². The number of benzene rings is 1. The van der Waals surface area contributed by atoms with E-state index >= 15 is 0 Å². The van der Waals surface area contributed by atoms with Gasteiger partial charge >= 0.3 is 6.09 Å². The van der Waals surface area contributed by atoms with Gasteiger partial charge in [0.25, 0.3) is 0 Å². The Bertz CT molecular complexity index is 483. The van der Waals surface area contributed by atoms with E-state index in [4.69, 9.17) is 14.2 Å². The molecule has 0 saturated heterocycles. The maximum atomic E-state index is 11.6. The van der Waals surface area contributed by atoms with Crippen molar-refractivity contribution in [1.82, 2.24) is 5.32 Å². The van der Waals surface area contributed by atoms with E-state index in [1.807, 2.05) is 26.8 Å². The van der Waals surface area contributed by atoms with Crippen molar-refractivity contribution in [2.75, 3.05) is 14.2 Å². The van der Waals surface area contributed by atoms with Crippen molar-refractivity contribution < 1.29 is 19.0 Å². The van der Waals surface area contributed by atoms with Crippen LogP contribution in [0.2, 0.25) is 0 Å². The van der Waals surface area contributed by atoms with Gasteiger partial charge in [-0.1, -0.05) is 0 Å². The lowest BCUT2D eigenvalue weighted by atomic mass is 10.2. The minimum Gasteiger partial charge on any atom is -0.493 e. The minimum atomic E-state index is -0.512. The molecule has 20 heavy (non-hydrogen) atoms. The van der Waals surface area contributed by atoms with Crippen LogP contribution < -0.4 is 14.8 Å². The van der Waals surface area contributed by atoms with Gasteiger partial charge in [0.2, 0.25) is 0 Å². The van der Waals surface area contributed by atoms with Crippen LogP contribution in [-0.2, 0) is 11.3 Å². The Hall–Kier alpha value is -1.43. The summed E-state index contributed by atoms with van der Waals surface area (Å²) >= 11 is 3.41. The lowest BCUT2D eigenvalue weighted by Crippen LogP contribution is -2.32.